The van der Waals surface area contributed by atoms with Crippen molar-refractivity contribution in [1.82, 2.24) is 0 Å². The molecule has 0 saturated carbocycles. The SMILES string of the molecule is COCOc1cc(OC)cc(/C=C/C[C@@H]2CC(C)(C)O[C@@H]2C=O)c1C(=O)OCC[Si](C)(C)C. The van der Waals surface area contributed by atoms with Gasteiger partial charge in [0.1, 0.15) is 29.5 Å². The van der Waals surface area contributed by atoms with Crippen molar-refractivity contribution in [1.29, 1.82) is 0 Å². The Balaban J connectivity index is 2.30. The van der Waals surface area contributed by atoms with E-state index in [0.717, 1.165) is 18.8 Å². The van der Waals surface area contributed by atoms with Crippen LogP contribution >= 0.6 is 0 Å². The zero-order chi connectivity index (χ0) is 24.6. The van der Waals surface area contributed by atoms with E-state index in [2.05, 4.69) is 19.6 Å². The lowest BCUT2D eigenvalue weighted by atomic mass is 9.91. The molecule has 8 heteroatoms. The average Bonchev–Trinajstić information content (AvgIpc) is 3.04. The molecule has 2 atom stereocenters. The van der Waals surface area contributed by atoms with E-state index < -0.39 is 20.1 Å². The largest absolute Gasteiger partial charge is 0.497 e. The highest BCUT2D eigenvalue weighted by Crippen LogP contribution is 2.36. The summed E-state index contributed by atoms with van der Waals surface area (Å²) in [7, 11) is 1.72. The van der Waals surface area contributed by atoms with Crippen molar-refractivity contribution in [2.24, 2.45) is 5.92 Å². The normalized spacial score (nSPS) is 20.1. The molecule has 1 heterocycles. The fourth-order valence-electron chi connectivity index (χ4n) is 3.82. The van der Waals surface area contributed by atoms with Crippen LogP contribution in [-0.4, -0.2) is 59.7 Å². The summed E-state index contributed by atoms with van der Waals surface area (Å²) in [5.74, 6) is 0.522. The number of hydrogen-bond acceptors (Lipinski definition) is 7. The molecule has 1 aromatic carbocycles. The monoisotopic (exact) mass is 478 g/mol. The molecule has 0 spiro atoms. The minimum Gasteiger partial charge on any atom is -0.497 e. The van der Waals surface area contributed by atoms with Crippen LogP contribution in [-0.2, 0) is 19.0 Å². The first-order valence-corrected chi connectivity index (χ1v) is 15.0. The molecule has 0 amide bonds. The van der Waals surface area contributed by atoms with Crippen molar-refractivity contribution in [2.45, 2.75) is 64.1 Å². The van der Waals surface area contributed by atoms with Crippen LogP contribution in [0, 0.1) is 5.92 Å². The molecule has 7 nitrogen and oxygen atoms in total. The molecule has 0 aromatic heterocycles. The average molecular weight is 479 g/mol. The third-order valence-electron chi connectivity index (χ3n) is 5.51. The van der Waals surface area contributed by atoms with Crippen molar-refractivity contribution in [3.05, 3.63) is 29.3 Å². The van der Waals surface area contributed by atoms with E-state index in [1.807, 2.05) is 26.0 Å². The molecule has 1 aliphatic heterocycles. The number of allylic oxidation sites excluding steroid dienone is 1. The molecule has 1 saturated heterocycles. The van der Waals surface area contributed by atoms with Crippen molar-refractivity contribution in [2.75, 3.05) is 27.6 Å². The summed E-state index contributed by atoms with van der Waals surface area (Å²) in [5.41, 5.74) is 0.626. The summed E-state index contributed by atoms with van der Waals surface area (Å²) >= 11 is 0. The molecular formula is C25H38O7Si. The molecule has 0 bridgehead atoms. The van der Waals surface area contributed by atoms with Gasteiger partial charge in [-0.25, -0.2) is 4.79 Å². The predicted octanol–water partition coefficient (Wildman–Crippen LogP) is 4.96. The van der Waals surface area contributed by atoms with Gasteiger partial charge in [-0.15, -0.1) is 0 Å². The van der Waals surface area contributed by atoms with Crippen LogP contribution in [0.1, 0.15) is 42.6 Å². The van der Waals surface area contributed by atoms with Gasteiger partial charge in [0.25, 0.3) is 0 Å². The van der Waals surface area contributed by atoms with Gasteiger partial charge in [-0.05, 0) is 50.3 Å². The predicted molar refractivity (Wildman–Crippen MR) is 131 cm³/mol. The maximum atomic E-state index is 13.1. The second-order valence-electron chi connectivity index (χ2n) is 10.2. The Morgan fingerprint density at radius 3 is 2.58 bits per heavy atom. The summed E-state index contributed by atoms with van der Waals surface area (Å²) in [6, 6.07) is 4.30. The van der Waals surface area contributed by atoms with Crippen LogP contribution in [0.25, 0.3) is 6.08 Å². The Labute approximate surface area is 198 Å². The Morgan fingerprint density at radius 2 is 1.97 bits per heavy atom. The number of aldehydes is 1. The van der Waals surface area contributed by atoms with Crippen molar-refractivity contribution >= 4 is 26.4 Å². The molecule has 2 rings (SSSR count). The van der Waals surface area contributed by atoms with Crippen LogP contribution in [0.3, 0.4) is 0 Å². The lowest BCUT2D eigenvalue weighted by Gasteiger charge is -2.18. The summed E-state index contributed by atoms with van der Waals surface area (Å²) < 4.78 is 27.6. The van der Waals surface area contributed by atoms with Gasteiger partial charge in [0, 0.05) is 21.3 Å². The van der Waals surface area contributed by atoms with Crippen LogP contribution < -0.4 is 9.47 Å². The number of carbonyl (C=O) groups is 2. The van der Waals surface area contributed by atoms with Crippen LogP contribution in [0.15, 0.2) is 18.2 Å². The standard InChI is InChI=1S/C25H38O7Si/c1-25(2)15-19(22(16-26)32-25)10-8-9-18-13-20(29-4)14-21(31-17-28-3)23(18)24(27)30-11-12-33(5,6)7/h8-9,13-14,16,19,22H,10-12,15,17H2,1-7H3/b9-8+/t19-,22-/m1/s1. The third-order valence-corrected chi connectivity index (χ3v) is 7.21. The summed E-state index contributed by atoms with van der Waals surface area (Å²) in [6.07, 6.45) is 5.68. The molecule has 0 radical (unpaired) electrons. The number of benzene rings is 1. The van der Waals surface area contributed by atoms with Gasteiger partial charge >= 0.3 is 5.97 Å². The lowest BCUT2D eigenvalue weighted by molar-refractivity contribution is -0.122. The number of hydrogen-bond donors (Lipinski definition) is 0. The summed E-state index contributed by atoms with van der Waals surface area (Å²) in [6.45, 7) is 11.0. The number of carbonyl (C=O) groups excluding carboxylic acids is 2. The van der Waals surface area contributed by atoms with E-state index in [9.17, 15) is 9.59 Å². The fourth-order valence-corrected chi connectivity index (χ4v) is 4.54. The fraction of sp³-hybridized carbons (Fsp3) is 0.600. The smallest absolute Gasteiger partial charge is 0.342 e. The van der Waals surface area contributed by atoms with Crippen molar-refractivity contribution < 1.29 is 33.3 Å². The van der Waals surface area contributed by atoms with Gasteiger partial charge in [0.05, 0.1) is 19.3 Å². The first-order valence-electron chi connectivity index (χ1n) is 11.3. The lowest BCUT2D eigenvalue weighted by Crippen LogP contribution is -2.23. The Bertz CT molecular complexity index is 842. The van der Waals surface area contributed by atoms with E-state index in [0.29, 0.717) is 35.7 Å². The second kappa shape index (κ2) is 11.8. The van der Waals surface area contributed by atoms with Gasteiger partial charge in [-0.3, -0.25) is 0 Å². The molecule has 1 aromatic rings. The van der Waals surface area contributed by atoms with Gasteiger partial charge in [0.15, 0.2) is 6.79 Å². The van der Waals surface area contributed by atoms with Gasteiger partial charge in [-0.1, -0.05) is 31.8 Å². The first-order chi connectivity index (χ1) is 15.5. The summed E-state index contributed by atoms with van der Waals surface area (Å²) in [4.78, 5) is 24.5. The highest BCUT2D eigenvalue weighted by Gasteiger charge is 2.39. The van der Waals surface area contributed by atoms with Crippen molar-refractivity contribution in [3.8, 4) is 11.5 Å². The molecule has 33 heavy (non-hydrogen) atoms. The molecule has 0 N–H and O–H groups in total. The highest BCUT2D eigenvalue weighted by molar-refractivity contribution is 6.76. The molecule has 0 aliphatic carbocycles. The summed E-state index contributed by atoms with van der Waals surface area (Å²) in [5, 5.41) is 0. The third kappa shape index (κ3) is 8.28. The van der Waals surface area contributed by atoms with Gasteiger partial charge in [0.2, 0.25) is 0 Å². The second-order valence-corrected chi connectivity index (χ2v) is 15.8. The zero-order valence-electron chi connectivity index (χ0n) is 20.9. The Hall–Kier alpha value is -2.16. The number of rotatable bonds is 12. The molecule has 184 valence electrons. The number of methoxy groups -OCH3 is 2. The molecule has 1 fully saturated rings. The maximum absolute atomic E-state index is 13.1. The first kappa shape index (κ1) is 27.1. The van der Waals surface area contributed by atoms with Gasteiger partial charge < -0.3 is 28.5 Å². The van der Waals surface area contributed by atoms with E-state index >= 15 is 0 Å². The quantitative estimate of drug-likeness (QED) is 0.182. The Kier molecular flexibility index (Phi) is 9.69. The van der Waals surface area contributed by atoms with Gasteiger partial charge in [-0.2, -0.15) is 0 Å². The topological polar surface area (TPSA) is 80.3 Å². The number of esters is 1. The minimum atomic E-state index is -1.35. The van der Waals surface area contributed by atoms with E-state index in [4.69, 9.17) is 23.7 Å². The Morgan fingerprint density at radius 1 is 1.24 bits per heavy atom. The number of ether oxygens (including phenoxy) is 5. The molecular weight excluding hydrogens is 440 g/mol. The van der Waals surface area contributed by atoms with Crippen LogP contribution in [0.2, 0.25) is 25.7 Å². The highest BCUT2D eigenvalue weighted by atomic mass is 28.3. The van der Waals surface area contributed by atoms with Crippen LogP contribution in [0.5, 0.6) is 11.5 Å². The minimum absolute atomic E-state index is 0.0129. The maximum Gasteiger partial charge on any atom is 0.342 e. The van der Waals surface area contributed by atoms with E-state index in [1.165, 1.54) is 7.11 Å². The van der Waals surface area contributed by atoms with Crippen LogP contribution in [0.4, 0.5) is 0 Å². The van der Waals surface area contributed by atoms with E-state index in [1.54, 1.807) is 19.2 Å². The molecule has 0 unspecified atom stereocenters. The van der Waals surface area contributed by atoms with Crippen molar-refractivity contribution in [3.63, 3.8) is 0 Å². The molecule has 1 aliphatic rings. The van der Waals surface area contributed by atoms with E-state index in [-0.39, 0.29) is 18.3 Å². The zero-order valence-corrected chi connectivity index (χ0v) is 21.9.